The molecule has 8 heteroatoms. The van der Waals surface area contributed by atoms with Gasteiger partial charge in [0.25, 0.3) is 0 Å². The van der Waals surface area contributed by atoms with Gasteiger partial charge in [-0.2, -0.15) is 0 Å². The average Bonchev–Trinajstić information content (AvgIpc) is 3.66. The third-order valence-electron chi connectivity index (χ3n) is 6.53. The van der Waals surface area contributed by atoms with Crippen LogP contribution in [0.1, 0.15) is 44.6 Å². The molecule has 1 aromatic heterocycles. The van der Waals surface area contributed by atoms with Gasteiger partial charge in [0.05, 0.1) is 11.6 Å². The van der Waals surface area contributed by atoms with Crippen molar-refractivity contribution in [3.8, 4) is 5.75 Å². The molecule has 182 valence electrons. The molecule has 0 amide bonds. The Morgan fingerprint density at radius 3 is 2.82 bits per heavy atom. The third-order valence-corrected chi connectivity index (χ3v) is 6.53. The summed E-state index contributed by atoms with van der Waals surface area (Å²) < 4.78 is 11.9. The van der Waals surface area contributed by atoms with E-state index in [2.05, 4.69) is 28.7 Å². The maximum atomic E-state index is 10.9. The summed E-state index contributed by atoms with van der Waals surface area (Å²) >= 11 is 0. The van der Waals surface area contributed by atoms with Crippen molar-refractivity contribution in [2.24, 2.45) is 11.7 Å². The normalized spacial score (nSPS) is 18.8. The Labute approximate surface area is 200 Å². The summed E-state index contributed by atoms with van der Waals surface area (Å²) in [7, 11) is 0. The number of carboxylic acid groups (broad SMARTS) is 1. The number of aromatic nitrogens is 1. The summed E-state index contributed by atoms with van der Waals surface area (Å²) in [6.45, 7) is 3.51. The molecule has 34 heavy (non-hydrogen) atoms. The van der Waals surface area contributed by atoms with E-state index in [1.807, 2.05) is 36.4 Å². The second-order valence-electron chi connectivity index (χ2n) is 9.43. The van der Waals surface area contributed by atoms with Gasteiger partial charge in [0.2, 0.25) is 0 Å². The number of carbonyl (C=O) groups is 1. The van der Waals surface area contributed by atoms with E-state index in [4.69, 9.17) is 20.3 Å². The number of aliphatic carboxylic acids is 1. The highest BCUT2D eigenvalue weighted by Crippen LogP contribution is 2.33. The first-order valence-electron chi connectivity index (χ1n) is 12.0. The Morgan fingerprint density at radius 2 is 2.09 bits per heavy atom. The minimum absolute atomic E-state index is 0.100. The van der Waals surface area contributed by atoms with E-state index < -0.39 is 11.5 Å². The van der Waals surface area contributed by atoms with Gasteiger partial charge in [-0.25, -0.2) is 4.98 Å². The van der Waals surface area contributed by atoms with Gasteiger partial charge in [-0.05, 0) is 55.9 Å². The fraction of sp³-hybridized carbons (Fsp3) is 0.462. The van der Waals surface area contributed by atoms with Crippen LogP contribution in [0.2, 0.25) is 0 Å². The summed E-state index contributed by atoms with van der Waals surface area (Å²) in [5, 5.41) is 14.4. The maximum absolute atomic E-state index is 10.9. The Kier molecular flexibility index (Phi) is 7.82. The average molecular weight is 468 g/mol. The molecule has 8 nitrogen and oxygen atoms in total. The number of hydrogen-bond donors (Lipinski definition) is 4. The van der Waals surface area contributed by atoms with Crippen LogP contribution in [0, 0.1) is 5.92 Å². The quantitative estimate of drug-likeness (QED) is 0.375. The number of hydrogen-bond acceptors (Lipinski definition) is 6. The van der Waals surface area contributed by atoms with Crippen molar-refractivity contribution >= 4 is 17.5 Å². The van der Waals surface area contributed by atoms with E-state index in [0.717, 1.165) is 43.1 Å². The van der Waals surface area contributed by atoms with Crippen LogP contribution in [0.25, 0.3) is 0 Å². The molecule has 1 aliphatic carbocycles. The SMILES string of the molecule is CC(N)(C(=C[NH2+]C1CC1)Oc1ccnc(Nc2cccc(CCC(=O)O)c2)c1)C1CCOCC1. The van der Waals surface area contributed by atoms with Crippen molar-refractivity contribution < 1.29 is 24.7 Å². The lowest BCUT2D eigenvalue weighted by Crippen LogP contribution is -2.80. The highest BCUT2D eigenvalue weighted by atomic mass is 16.5. The zero-order chi connectivity index (χ0) is 24.0. The summed E-state index contributed by atoms with van der Waals surface area (Å²) in [5.41, 5.74) is 8.07. The van der Waals surface area contributed by atoms with Gasteiger partial charge in [-0.1, -0.05) is 12.1 Å². The highest BCUT2D eigenvalue weighted by molar-refractivity contribution is 5.67. The van der Waals surface area contributed by atoms with Crippen molar-refractivity contribution in [1.82, 2.24) is 4.98 Å². The van der Waals surface area contributed by atoms with Crippen LogP contribution >= 0.6 is 0 Å². The molecule has 2 aliphatic rings. The van der Waals surface area contributed by atoms with Gasteiger partial charge < -0.3 is 30.9 Å². The molecule has 1 unspecified atom stereocenters. The van der Waals surface area contributed by atoms with Gasteiger partial charge >= 0.3 is 5.97 Å². The second kappa shape index (κ2) is 11.0. The Bertz CT molecular complexity index is 1010. The van der Waals surface area contributed by atoms with Crippen LogP contribution in [-0.4, -0.2) is 40.9 Å². The van der Waals surface area contributed by atoms with Crippen molar-refractivity contribution in [3.63, 3.8) is 0 Å². The predicted molar refractivity (Wildman–Crippen MR) is 130 cm³/mol. The van der Waals surface area contributed by atoms with Crippen molar-refractivity contribution in [2.45, 2.75) is 57.0 Å². The number of rotatable bonds is 11. The minimum Gasteiger partial charge on any atom is -0.481 e. The molecule has 0 bridgehead atoms. The van der Waals surface area contributed by atoms with E-state index in [1.54, 1.807) is 6.20 Å². The molecule has 1 saturated heterocycles. The van der Waals surface area contributed by atoms with Gasteiger partial charge in [-0.15, -0.1) is 0 Å². The van der Waals surface area contributed by atoms with Gasteiger partial charge in [-0.3, -0.25) is 4.79 Å². The lowest BCUT2D eigenvalue weighted by atomic mass is 9.79. The molecule has 0 spiro atoms. The molecule has 2 aromatic rings. The van der Waals surface area contributed by atoms with Crippen molar-refractivity contribution in [1.29, 1.82) is 0 Å². The Hall–Kier alpha value is -2.94. The van der Waals surface area contributed by atoms with Crippen LogP contribution < -0.4 is 21.1 Å². The standard InChI is InChI=1S/C26H34N4O4/c1-26(27,19-10-13-33-14-11-19)23(17-29-20-6-7-20)34-22-9-12-28-24(16-22)30-21-4-2-3-18(15-21)5-8-25(31)32/h2-4,9,12,15-17,19-20,29H,5-8,10-11,13-14,27H2,1H3,(H,28,30)(H,31,32)/p+1. The van der Waals surface area contributed by atoms with E-state index in [1.165, 1.54) is 12.8 Å². The zero-order valence-corrected chi connectivity index (χ0v) is 19.7. The molecule has 1 saturated carbocycles. The molecule has 1 aromatic carbocycles. The van der Waals surface area contributed by atoms with Crippen LogP contribution in [0.15, 0.2) is 54.6 Å². The first-order chi connectivity index (χ1) is 16.4. The van der Waals surface area contributed by atoms with Crippen molar-refractivity contribution in [3.05, 3.63) is 60.1 Å². The number of carboxylic acids is 1. The molecular weight excluding hydrogens is 432 g/mol. The van der Waals surface area contributed by atoms with Crippen LogP contribution in [0.3, 0.4) is 0 Å². The number of quaternary nitrogens is 1. The predicted octanol–water partition coefficient (Wildman–Crippen LogP) is 2.93. The number of anilines is 2. The summed E-state index contributed by atoms with van der Waals surface area (Å²) in [6.07, 6.45) is 8.62. The highest BCUT2D eigenvalue weighted by Gasteiger charge is 2.38. The van der Waals surface area contributed by atoms with E-state index in [-0.39, 0.29) is 12.3 Å². The number of pyridine rings is 1. The fourth-order valence-electron chi connectivity index (χ4n) is 4.21. The summed E-state index contributed by atoms with van der Waals surface area (Å²) in [5.74, 6) is 1.55. The van der Waals surface area contributed by atoms with Gasteiger partial charge in [0, 0.05) is 50.4 Å². The number of nitrogens with one attached hydrogen (secondary N) is 1. The molecule has 1 atom stereocenters. The third kappa shape index (κ3) is 6.79. The molecular formula is C26H35N4O4+. The number of aryl methyl sites for hydroxylation is 1. The first kappa shape index (κ1) is 24.2. The summed E-state index contributed by atoms with van der Waals surface area (Å²) in [6, 6.07) is 12.0. The minimum atomic E-state index is -0.805. The van der Waals surface area contributed by atoms with Crippen LogP contribution in [0.4, 0.5) is 11.5 Å². The van der Waals surface area contributed by atoms with Crippen LogP contribution in [-0.2, 0) is 16.0 Å². The largest absolute Gasteiger partial charge is 0.481 e. The Morgan fingerprint density at radius 1 is 1.29 bits per heavy atom. The first-order valence-corrected chi connectivity index (χ1v) is 12.0. The smallest absolute Gasteiger partial charge is 0.303 e. The number of nitrogens with two attached hydrogens (primary N) is 2. The molecule has 2 heterocycles. The molecule has 4 rings (SSSR count). The number of benzene rings is 1. The molecule has 0 radical (unpaired) electrons. The fourth-order valence-corrected chi connectivity index (χ4v) is 4.21. The van der Waals surface area contributed by atoms with Gasteiger partial charge in [0.15, 0.2) is 5.76 Å². The second-order valence-corrected chi connectivity index (χ2v) is 9.43. The maximum Gasteiger partial charge on any atom is 0.303 e. The lowest BCUT2D eigenvalue weighted by Gasteiger charge is -2.37. The van der Waals surface area contributed by atoms with Crippen LogP contribution in [0.5, 0.6) is 5.75 Å². The lowest BCUT2D eigenvalue weighted by molar-refractivity contribution is -0.604. The number of nitrogens with zero attached hydrogens (tertiary/aromatic N) is 1. The van der Waals surface area contributed by atoms with E-state index in [9.17, 15) is 4.79 Å². The van der Waals surface area contributed by atoms with Crippen molar-refractivity contribution in [2.75, 3.05) is 18.5 Å². The topological polar surface area (TPSA) is 123 Å². The van der Waals surface area contributed by atoms with E-state index >= 15 is 0 Å². The number of ether oxygens (including phenoxy) is 2. The molecule has 1 aliphatic heterocycles. The monoisotopic (exact) mass is 467 g/mol. The summed E-state index contributed by atoms with van der Waals surface area (Å²) in [4.78, 5) is 15.3. The molecule has 6 N–H and O–H groups in total. The molecule has 2 fully saturated rings. The van der Waals surface area contributed by atoms with E-state index in [0.29, 0.717) is 24.0 Å². The zero-order valence-electron chi connectivity index (χ0n) is 19.7. The Balaban J connectivity index is 1.48. The van der Waals surface area contributed by atoms with Gasteiger partial charge in [0.1, 0.15) is 17.8 Å².